The number of amides is 1. The maximum Gasteiger partial charge on any atom is 0.227 e. The van der Waals surface area contributed by atoms with Crippen LogP contribution in [0, 0.1) is 5.92 Å². The molecule has 5 nitrogen and oxygen atoms in total. The smallest absolute Gasteiger partial charge is 0.227 e. The highest BCUT2D eigenvalue weighted by Gasteiger charge is 2.22. The van der Waals surface area contributed by atoms with Crippen LogP contribution in [0.2, 0.25) is 0 Å². The molecule has 1 aliphatic rings. The molecule has 1 aromatic rings. The maximum absolute atomic E-state index is 11.9. The highest BCUT2D eigenvalue weighted by molar-refractivity contribution is 5.81. The highest BCUT2D eigenvalue weighted by Crippen LogP contribution is 2.16. The van der Waals surface area contributed by atoms with Crippen LogP contribution < -0.4 is 11.1 Å². The summed E-state index contributed by atoms with van der Waals surface area (Å²) in [4.78, 5) is 11.9. The number of nitrogens with two attached hydrogens (primary N) is 1. The zero-order chi connectivity index (χ0) is 13.1. The Morgan fingerprint density at radius 1 is 1.61 bits per heavy atom. The van der Waals surface area contributed by atoms with Gasteiger partial charge in [-0.25, -0.2) is 0 Å². The van der Waals surface area contributed by atoms with Gasteiger partial charge in [-0.1, -0.05) is 19.1 Å². The minimum atomic E-state index is -0.0817. The maximum atomic E-state index is 11.9. The van der Waals surface area contributed by atoms with Crippen LogP contribution in [0.4, 0.5) is 0 Å². The Kier molecular flexibility index (Phi) is 3.81. The van der Waals surface area contributed by atoms with Crippen LogP contribution in [-0.2, 0) is 24.8 Å². The van der Waals surface area contributed by atoms with Gasteiger partial charge in [0.2, 0.25) is 5.91 Å². The van der Waals surface area contributed by atoms with Crippen molar-refractivity contribution in [3.8, 4) is 0 Å². The summed E-state index contributed by atoms with van der Waals surface area (Å²) in [7, 11) is 1.89. The molecule has 18 heavy (non-hydrogen) atoms. The molecule has 0 aliphatic heterocycles. The SMILES string of the molecule is CCc1nn(C)cc1CNC(=O)C1C=CC(N)C1. The van der Waals surface area contributed by atoms with Crippen molar-refractivity contribution in [2.24, 2.45) is 18.7 Å². The molecular weight excluding hydrogens is 228 g/mol. The molecule has 1 aromatic heterocycles. The first kappa shape index (κ1) is 12.8. The Hall–Kier alpha value is -1.62. The summed E-state index contributed by atoms with van der Waals surface area (Å²) >= 11 is 0. The van der Waals surface area contributed by atoms with E-state index in [9.17, 15) is 4.79 Å². The summed E-state index contributed by atoms with van der Waals surface area (Å²) in [6.07, 6.45) is 7.32. The minimum Gasteiger partial charge on any atom is -0.351 e. The van der Waals surface area contributed by atoms with Gasteiger partial charge in [0, 0.05) is 31.4 Å². The Morgan fingerprint density at radius 2 is 2.39 bits per heavy atom. The summed E-state index contributed by atoms with van der Waals surface area (Å²) in [6.45, 7) is 2.60. The summed E-state index contributed by atoms with van der Waals surface area (Å²) in [5.41, 5.74) is 7.86. The van der Waals surface area contributed by atoms with Gasteiger partial charge in [0.1, 0.15) is 0 Å². The zero-order valence-electron chi connectivity index (χ0n) is 10.9. The van der Waals surface area contributed by atoms with Crippen LogP contribution in [0.3, 0.4) is 0 Å². The van der Waals surface area contributed by atoms with E-state index < -0.39 is 0 Å². The second-order valence-electron chi connectivity index (χ2n) is 4.74. The number of hydrogen-bond acceptors (Lipinski definition) is 3. The average molecular weight is 248 g/mol. The first-order valence-electron chi connectivity index (χ1n) is 6.33. The van der Waals surface area contributed by atoms with Crippen LogP contribution in [0.25, 0.3) is 0 Å². The van der Waals surface area contributed by atoms with Crippen LogP contribution in [0.15, 0.2) is 18.3 Å². The molecule has 0 aromatic carbocycles. The van der Waals surface area contributed by atoms with Gasteiger partial charge in [-0.05, 0) is 12.8 Å². The van der Waals surface area contributed by atoms with Crippen LogP contribution in [0.1, 0.15) is 24.6 Å². The molecular formula is C13H20N4O. The summed E-state index contributed by atoms with van der Waals surface area (Å²) in [5, 5.41) is 7.30. The highest BCUT2D eigenvalue weighted by atomic mass is 16.1. The van der Waals surface area contributed by atoms with Crippen molar-refractivity contribution in [1.82, 2.24) is 15.1 Å². The molecule has 0 bridgehead atoms. The lowest BCUT2D eigenvalue weighted by atomic mass is 10.1. The fourth-order valence-electron chi connectivity index (χ4n) is 2.26. The number of nitrogens with one attached hydrogen (secondary N) is 1. The van der Waals surface area contributed by atoms with Gasteiger partial charge >= 0.3 is 0 Å². The van der Waals surface area contributed by atoms with E-state index in [4.69, 9.17) is 5.73 Å². The van der Waals surface area contributed by atoms with E-state index in [2.05, 4.69) is 17.3 Å². The fourth-order valence-corrected chi connectivity index (χ4v) is 2.26. The van der Waals surface area contributed by atoms with Crippen molar-refractivity contribution in [1.29, 1.82) is 0 Å². The van der Waals surface area contributed by atoms with Gasteiger partial charge in [0.05, 0.1) is 11.6 Å². The number of aromatic nitrogens is 2. The van der Waals surface area contributed by atoms with Crippen molar-refractivity contribution in [2.75, 3.05) is 0 Å². The first-order valence-corrected chi connectivity index (χ1v) is 6.33. The van der Waals surface area contributed by atoms with E-state index >= 15 is 0 Å². The third-order valence-corrected chi connectivity index (χ3v) is 3.23. The molecule has 2 unspecified atom stereocenters. The molecule has 1 aliphatic carbocycles. The summed E-state index contributed by atoms with van der Waals surface area (Å²) < 4.78 is 1.78. The third kappa shape index (κ3) is 2.79. The molecule has 0 saturated carbocycles. The van der Waals surface area contributed by atoms with E-state index in [0.717, 1.165) is 17.7 Å². The molecule has 5 heteroatoms. The van der Waals surface area contributed by atoms with Crippen LogP contribution in [0.5, 0.6) is 0 Å². The van der Waals surface area contributed by atoms with Gasteiger partial charge in [-0.2, -0.15) is 5.10 Å². The third-order valence-electron chi connectivity index (χ3n) is 3.23. The number of aryl methyl sites for hydroxylation is 2. The Morgan fingerprint density at radius 3 is 3.00 bits per heavy atom. The number of carbonyl (C=O) groups excluding carboxylic acids is 1. The Labute approximate surface area is 107 Å². The number of carbonyl (C=O) groups is 1. The zero-order valence-corrected chi connectivity index (χ0v) is 10.9. The second kappa shape index (κ2) is 5.35. The molecule has 0 saturated heterocycles. The Balaban J connectivity index is 1.91. The molecule has 2 rings (SSSR count). The van der Waals surface area contributed by atoms with Crippen molar-refractivity contribution in [2.45, 2.75) is 32.4 Å². The van der Waals surface area contributed by atoms with Crippen molar-refractivity contribution in [3.63, 3.8) is 0 Å². The van der Waals surface area contributed by atoms with E-state index in [1.165, 1.54) is 0 Å². The quantitative estimate of drug-likeness (QED) is 0.762. The monoisotopic (exact) mass is 248 g/mol. The predicted molar refractivity (Wildman–Crippen MR) is 69.7 cm³/mol. The fraction of sp³-hybridized carbons (Fsp3) is 0.538. The first-order chi connectivity index (χ1) is 8.60. The van der Waals surface area contributed by atoms with Gasteiger partial charge in [0.25, 0.3) is 0 Å². The minimum absolute atomic E-state index is 0.0188. The van der Waals surface area contributed by atoms with E-state index in [0.29, 0.717) is 13.0 Å². The van der Waals surface area contributed by atoms with Crippen molar-refractivity contribution in [3.05, 3.63) is 29.6 Å². The van der Waals surface area contributed by atoms with E-state index in [-0.39, 0.29) is 17.9 Å². The lowest BCUT2D eigenvalue weighted by Gasteiger charge is -2.10. The molecule has 0 spiro atoms. The molecule has 1 amide bonds. The molecule has 98 valence electrons. The molecule has 0 radical (unpaired) electrons. The lowest BCUT2D eigenvalue weighted by molar-refractivity contribution is -0.123. The number of hydrogen-bond donors (Lipinski definition) is 2. The number of rotatable bonds is 4. The van der Waals surface area contributed by atoms with Gasteiger partial charge in [0.15, 0.2) is 0 Å². The standard InChI is InChI=1S/C13H20N4O/c1-3-12-10(8-17(2)16-12)7-15-13(18)9-4-5-11(14)6-9/h4-5,8-9,11H,3,6-7,14H2,1-2H3,(H,15,18). The summed E-state index contributed by atoms with van der Waals surface area (Å²) in [5.74, 6) is -0.0353. The average Bonchev–Trinajstić information content (AvgIpc) is 2.92. The number of nitrogens with zero attached hydrogens (tertiary/aromatic N) is 2. The topological polar surface area (TPSA) is 72.9 Å². The Bertz CT molecular complexity index is 464. The van der Waals surface area contributed by atoms with E-state index in [1.807, 2.05) is 25.4 Å². The van der Waals surface area contributed by atoms with Crippen LogP contribution in [-0.4, -0.2) is 21.7 Å². The van der Waals surface area contributed by atoms with Gasteiger partial charge in [-0.3, -0.25) is 9.48 Å². The lowest BCUT2D eigenvalue weighted by Crippen LogP contribution is -2.30. The second-order valence-corrected chi connectivity index (χ2v) is 4.74. The molecule has 1 heterocycles. The van der Waals surface area contributed by atoms with Crippen molar-refractivity contribution >= 4 is 5.91 Å². The van der Waals surface area contributed by atoms with Gasteiger partial charge in [-0.15, -0.1) is 0 Å². The predicted octanol–water partition coefficient (Wildman–Crippen LogP) is 0.502. The summed E-state index contributed by atoms with van der Waals surface area (Å²) in [6, 6.07) is 0.0188. The molecule has 3 N–H and O–H groups in total. The van der Waals surface area contributed by atoms with E-state index in [1.54, 1.807) is 4.68 Å². The molecule has 2 atom stereocenters. The van der Waals surface area contributed by atoms with Gasteiger partial charge < -0.3 is 11.1 Å². The van der Waals surface area contributed by atoms with Crippen molar-refractivity contribution < 1.29 is 4.79 Å². The van der Waals surface area contributed by atoms with Crippen LogP contribution >= 0.6 is 0 Å². The largest absolute Gasteiger partial charge is 0.351 e. The molecule has 0 fully saturated rings. The normalized spacial score (nSPS) is 22.4.